The molecule has 1 unspecified atom stereocenters. The van der Waals surface area contributed by atoms with Crippen molar-refractivity contribution in [1.82, 2.24) is 5.32 Å². The van der Waals surface area contributed by atoms with Crippen LogP contribution >= 0.6 is 22.6 Å². The van der Waals surface area contributed by atoms with Gasteiger partial charge in [0.25, 0.3) is 0 Å². The highest BCUT2D eigenvalue weighted by Gasteiger charge is 2.19. The highest BCUT2D eigenvalue weighted by molar-refractivity contribution is 14.1. The van der Waals surface area contributed by atoms with Gasteiger partial charge in [0.05, 0.1) is 5.70 Å². The number of halogens is 1. The molecule has 0 saturated heterocycles. The van der Waals surface area contributed by atoms with E-state index in [1.54, 1.807) is 0 Å². The Morgan fingerprint density at radius 3 is 2.79 bits per heavy atom. The van der Waals surface area contributed by atoms with Crippen molar-refractivity contribution in [3.8, 4) is 0 Å². The van der Waals surface area contributed by atoms with Gasteiger partial charge in [0.2, 0.25) is 4.23 Å². The Morgan fingerprint density at radius 2 is 2.21 bits per heavy atom. The predicted molar refractivity (Wildman–Crippen MR) is 65.8 cm³/mol. The molecule has 1 aliphatic heterocycles. The molecule has 2 rings (SSSR count). The summed E-state index contributed by atoms with van der Waals surface area (Å²) >= 11 is 2.23. The molecule has 0 aromatic rings. The van der Waals surface area contributed by atoms with Gasteiger partial charge in [-0.25, -0.2) is 0 Å². The molecule has 3 heteroatoms. The third-order valence-electron chi connectivity index (χ3n) is 2.61. The smallest absolute Gasteiger partial charge is 0.221 e. The molecule has 0 spiro atoms. The van der Waals surface area contributed by atoms with Crippen LogP contribution in [0.25, 0.3) is 0 Å². The van der Waals surface area contributed by atoms with Gasteiger partial charge in [-0.15, -0.1) is 0 Å². The summed E-state index contributed by atoms with van der Waals surface area (Å²) in [5.74, 6) is 0. The second-order valence-corrected chi connectivity index (χ2v) is 4.91. The summed E-state index contributed by atoms with van der Waals surface area (Å²) in [6.45, 7) is 4.36. The van der Waals surface area contributed by atoms with Crippen molar-refractivity contribution >= 4 is 22.6 Å². The first-order chi connectivity index (χ1) is 6.66. The van der Waals surface area contributed by atoms with Crippen LogP contribution in [0.1, 0.15) is 26.7 Å². The van der Waals surface area contributed by atoms with Crippen LogP contribution in [0.3, 0.4) is 0 Å². The molecule has 1 N–H and O–H groups in total. The van der Waals surface area contributed by atoms with E-state index in [4.69, 9.17) is 4.74 Å². The van der Waals surface area contributed by atoms with E-state index in [9.17, 15) is 0 Å². The first kappa shape index (κ1) is 10.1. The van der Waals surface area contributed by atoms with Gasteiger partial charge in [-0.05, 0) is 60.4 Å². The minimum atomic E-state index is 0.0925. The molecule has 14 heavy (non-hydrogen) atoms. The maximum atomic E-state index is 5.35. The standard InChI is InChI=1S/C11H14INO/c1-7-3-4-9(8(2)5-7)10-6-14-11(12)13-10/h5-6,11,13H,3-4H2,1-2H3. The molecule has 0 radical (unpaired) electrons. The summed E-state index contributed by atoms with van der Waals surface area (Å²) in [6.07, 6.45) is 6.39. The quantitative estimate of drug-likeness (QED) is 0.456. The van der Waals surface area contributed by atoms with Crippen LogP contribution in [0, 0.1) is 0 Å². The van der Waals surface area contributed by atoms with Crippen molar-refractivity contribution in [2.24, 2.45) is 0 Å². The Labute approximate surface area is 98.2 Å². The average molecular weight is 303 g/mol. The van der Waals surface area contributed by atoms with Crippen molar-refractivity contribution in [3.05, 3.63) is 34.8 Å². The molecule has 1 atom stereocenters. The predicted octanol–water partition coefficient (Wildman–Crippen LogP) is 3.22. The number of nitrogens with one attached hydrogen (secondary N) is 1. The fraction of sp³-hybridized carbons (Fsp3) is 0.455. The van der Waals surface area contributed by atoms with Crippen molar-refractivity contribution < 1.29 is 4.74 Å². The minimum absolute atomic E-state index is 0.0925. The van der Waals surface area contributed by atoms with Crippen LogP contribution in [-0.4, -0.2) is 4.23 Å². The van der Waals surface area contributed by atoms with E-state index in [-0.39, 0.29) is 4.23 Å². The van der Waals surface area contributed by atoms with E-state index >= 15 is 0 Å². The van der Waals surface area contributed by atoms with Gasteiger partial charge in [0.15, 0.2) is 0 Å². The molecular formula is C11H14INO. The van der Waals surface area contributed by atoms with Gasteiger partial charge >= 0.3 is 0 Å². The topological polar surface area (TPSA) is 21.3 Å². The molecule has 0 aromatic heterocycles. The van der Waals surface area contributed by atoms with Crippen LogP contribution in [0.2, 0.25) is 0 Å². The largest absolute Gasteiger partial charge is 0.467 e. The van der Waals surface area contributed by atoms with Crippen LogP contribution in [0.5, 0.6) is 0 Å². The van der Waals surface area contributed by atoms with Crippen molar-refractivity contribution in [2.75, 3.05) is 0 Å². The fourth-order valence-electron chi connectivity index (χ4n) is 1.87. The van der Waals surface area contributed by atoms with Crippen molar-refractivity contribution in [1.29, 1.82) is 0 Å². The molecule has 1 heterocycles. The summed E-state index contributed by atoms with van der Waals surface area (Å²) in [6, 6.07) is 0. The zero-order valence-corrected chi connectivity index (χ0v) is 10.6. The first-order valence-electron chi connectivity index (χ1n) is 4.80. The molecule has 0 saturated carbocycles. The minimum Gasteiger partial charge on any atom is -0.467 e. The molecule has 0 aromatic carbocycles. The molecule has 1 aliphatic carbocycles. The first-order valence-corrected chi connectivity index (χ1v) is 6.05. The van der Waals surface area contributed by atoms with Crippen LogP contribution in [-0.2, 0) is 4.74 Å². The molecular weight excluding hydrogens is 289 g/mol. The van der Waals surface area contributed by atoms with Crippen molar-refractivity contribution in [3.63, 3.8) is 0 Å². The Morgan fingerprint density at radius 1 is 1.43 bits per heavy atom. The summed E-state index contributed by atoms with van der Waals surface area (Å²) in [4.78, 5) is 0. The highest BCUT2D eigenvalue weighted by atomic mass is 127. The van der Waals surface area contributed by atoms with Crippen LogP contribution < -0.4 is 5.32 Å². The van der Waals surface area contributed by atoms with Crippen LogP contribution in [0.4, 0.5) is 0 Å². The summed E-state index contributed by atoms with van der Waals surface area (Å²) in [5.41, 5.74) is 5.39. The normalized spacial score (nSPS) is 26.6. The van der Waals surface area contributed by atoms with E-state index in [0.717, 1.165) is 18.5 Å². The van der Waals surface area contributed by atoms with Gasteiger partial charge in [-0.2, -0.15) is 0 Å². The van der Waals surface area contributed by atoms with E-state index in [2.05, 4.69) is 47.8 Å². The van der Waals surface area contributed by atoms with Gasteiger partial charge in [0, 0.05) is 0 Å². The molecule has 0 amide bonds. The molecule has 2 nitrogen and oxygen atoms in total. The van der Waals surface area contributed by atoms with Crippen LogP contribution in [0.15, 0.2) is 34.8 Å². The molecule has 0 fully saturated rings. The van der Waals surface area contributed by atoms with Crippen molar-refractivity contribution in [2.45, 2.75) is 30.9 Å². The highest BCUT2D eigenvalue weighted by Crippen LogP contribution is 2.30. The number of ether oxygens (including phenoxy) is 1. The monoisotopic (exact) mass is 303 g/mol. The zero-order valence-electron chi connectivity index (χ0n) is 8.43. The van der Waals surface area contributed by atoms with E-state index < -0.39 is 0 Å². The Balaban J connectivity index is 2.23. The zero-order chi connectivity index (χ0) is 10.1. The number of hydrogen-bond donors (Lipinski definition) is 1. The number of rotatable bonds is 1. The fourth-order valence-corrected chi connectivity index (χ4v) is 2.35. The maximum Gasteiger partial charge on any atom is 0.221 e. The number of allylic oxidation sites excluding steroid dienone is 4. The Kier molecular flexibility index (Phi) is 2.85. The lowest BCUT2D eigenvalue weighted by Gasteiger charge is -2.17. The van der Waals surface area contributed by atoms with E-state index in [1.807, 2.05) is 6.26 Å². The second-order valence-electron chi connectivity index (χ2n) is 3.78. The van der Waals surface area contributed by atoms with Gasteiger partial charge in [-0.1, -0.05) is 11.6 Å². The van der Waals surface area contributed by atoms with Gasteiger partial charge < -0.3 is 10.1 Å². The lowest BCUT2D eigenvalue weighted by Crippen LogP contribution is -2.18. The van der Waals surface area contributed by atoms with Gasteiger partial charge in [-0.3, -0.25) is 0 Å². The summed E-state index contributed by atoms with van der Waals surface area (Å²) < 4.78 is 5.44. The van der Waals surface area contributed by atoms with E-state index in [1.165, 1.54) is 16.7 Å². The lowest BCUT2D eigenvalue weighted by atomic mass is 9.92. The SMILES string of the molecule is CC1=CC(C)=C(C2=COC(I)N2)CC1. The Bertz CT molecular complexity index is 341. The molecule has 76 valence electrons. The summed E-state index contributed by atoms with van der Waals surface area (Å²) in [7, 11) is 0. The maximum absolute atomic E-state index is 5.35. The third-order valence-corrected chi connectivity index (χ3v) is 3.21. The molecule has 0 bridgehead atoms. The van der Waals surface area contributed by atoms with Gasteiger partial charge in [0.1, 0.15) is 6.26 Å². The summed E-state index contributed by atoms with van der Waals surface area (Å²) in [5, 5.41) is 3.31. The third kappa shape index (κ3) is 1.97. The lowest BCUT2D eigenvalue weighted by molar-refractivity contribution is 0.249. The molecule has 2 aliphatic rings. The number of hydrogen-bond acceptors (Lipinski definition) is 2. The Hall–Kier alpha value is -0.450. The second kappa shape index (κ2) is 3.96. The number of alkyl halides is 1. The average Bonchev–Trinajstić information content (AvgIpc) is 2.51. The van der Waals surface area contributed by atoms with E-state index in [0.29, 0.717) is 0 Å².